The van der Waals surface area contributed by atoms with Crippen molar-refractivity contribution in [2.75, 3.05) is 6.61 Å². The first-order valence-corrected chi connectivity index (χ1v) is 12.1. The van der Waals surface area contributed by atoms with Crippen molar-refractivity contribution in [3.8, 4) is 0 Å². The zero-order valence-corrected chi connectivity index (χ0v) is 19.4. The molecule has 0 fully saturated rings. The smallest absolute Gasteiger partial charge is 0.268 e. The number of halogens is 1. The van der Waals surface area contributed by atoms with E-state index in [1.165, 1.54) is 23.1 Å². The van der Waals surface area contributed by atoms with Crippen molar-refractivity contribution >= 4 is 55.8 Å². The maximum absolute atomic E-state index is 13.1. The minimum absolute atomic E-state index is 0.122. The van der Waals surface area contributed by atoms with Crippen molar-refractivity contribution < 1.29 is 4.74 Å². The third-order valence-electron chi connectivity index (χ3n) is 4.56. The molecule has 0 atom stereocenters. The van der Waals surface area contributed by atoms with Gasteiger partial charge >= 0.3 is 0 Å². The second-order valence-electron chi connectivity index (χ2n) is 7.22. The molecule has 0 aliphatic carbocycles. The van der Waals surface area contributed by atoms with E-state index in [9.17, 15) is 9.59 Å². The van der Waals surface area contributed by atoms with Gasteiger partial charge in [0, 0.05) is 18.2 Å². The number of thioether (sulfide) groups is 1. The lowest BCUT2D eigenvalue weighted by atomic mass is 10.2. The van der Waals surface area contributed by atoms with Crippen molar-refractivity contribution in [3.05, 3.63) is 61.2 Å². The van der Waals surface area contributed by atoms with E-state index in [4.69, 9.17) is 16.3 Å². The van der Waals surface area contributed by atoms with Crippen LogP contribution in [-0.4, -0.2) is 32.2 Å². The Bertz CT molecular complexity index is 1350. The Morgan fingerprint density at radius 1 is 1.23 bits per heavy atom. The molecule has 0 spiro atoms. The van der Waals surface area contributed by atoms with Gasteiger partial charge in [-0.2, -0.15) is 0 Å². The van der Waals surface area contributed by atoms with Gasteiger partial charge in [-0.25, -0.2) is 9.97 Å². The fraction of sp³-hybridized carbons (Fsp3) is 0.333. The number of nitrogens with zero attached hydrogens (tertiary/aromatic N) is 3. The van der Waals surface area contributed by atoms with Gasteiger partial charge in [0.25, 0.3) is 11.1 Å². The molecule has 0 amide bonds. The molecule has 10 heteroatoms. The van der Waals surface area contributed by atoms with Crippen LogP contribution < -0.4 is 11.1 Å². The summed E-state index contributed by atoms with van der Waals surface area (Å²) >= 11 is 8.83. The molecule has 0 saturated heterocycles. The third-order valence-corrected chi connectivity index (χ3v) is 6.69. The zero-order valence-electron chi connectivity index (χ0n) is 17.1. The highest BCUT2D eigenvalue weighted by Crippen LogP contribution is 2.23. The normalized spacial score (nSPS) is 11.7. The van der Waals surface area contributed by atoms with E-state index in [1.807, 2.05) is 25.3 Å². The molecule has 0 bridgehead atoms. The molecule has 0 aliphatic heterocycles. The molecule has 31 heavy (non-hydrogen) atoms. The van der Waals surface area contributed by atoms with Crippen LogP contribution in [-0.2, 0) is 17.0 Å². The summed E-state index contributed by atoms with van der Waals surface area (Å²) in [6, 6.07) is 6.90. The van der Waals surface area contributed by atoms with E-state index in [-0.39, 0.29) is 17.2 Å². The van der Waals surface area contributed by atoms with Crippen LogP contribution in [0.25, 0.3) is 21.1 Å². The fourth-order valence-electron chi connectivity index (χ4n) is 3.15. The molecule has 1 N–H and O–H groups in total. The number of rotatable bonds is 8. The molecule has 0 aliphatic rings. The maximum Gasteiger partial charge on any atom is 0.268 e. The van der Waals surface area contributed by atoms with Gasteiger partial charge < -0.3 is 9.72 Å². The van der Waals surface area contributed by atoms with Crippen molar-refractivity contribution in [3.63, 3.8) is 0 Å². The standard InChI is InChI=1S/C21H21ClN4O3S2/c1-12(2)29-8-3-7-26-20(28)14-5-4-13(22)10-16(14)24-21(26)31-11-17-23-15-6-9-30-18(15)19(27)25-17/h4-6,9-10,12H,3,7-8,11H2,1-2H3,(H,23,25,27). The predicted octanol–water partition coefficient (Wildman–Crippen LogP) is 4.46. The van der Waals surface area contributed by atoms with Crippen LogP contribution >= 0.6 is 34.7 Å². The lowest BCUT2D eigenvalue weighted by Crippen LogP contribution is -2.24. The number of hydrogen-bond acceptors (Lipinski definition) is 7. The molecular weight excluding hydrogens is 456 g/mol. The Balaban J connectivity index is 1.65. The number of benzene rings is 1. The fourth-order valence-corrected chi connectivity index (χ4v) is 4.93. The first-order valence-electron chi connectivity index (χ1n) is 9.83. The monoisotopic (exact) mass is 476 g/mol. The Hall–Kier alpha value is -2.20. The van der Waals surface area contributed by atoms with Crippen molar-refractivity contribution in [2.45, 2.75) is 43.8 Å². The second kappa shape index (κ2) is 9.52. The van der Waals surface area contributed by atoms with E-state index in [0.29, 0.717) is 62.4 Å². The van der Waals surface area contributed by atoms with Crippen molar-refractivity contribution in [1.82, 2.24) is 19.5 Å². The number of thiophene rings is 1. The molecular formula is C21H21ClN4O3S2. The average Bonchev–Trinajstić information content (AvgIpc) is 3.20. The number of aromatic amines is 1. The summed E-state index contributed by atoms with van der Waals surface area (Å²) < 4.78 is 7.88. The number of ether oxygens (including phenoxy) is 1. The number of aromatic nitrogens is 4. The van der Waals surface area contributed by atoms with Gasteiger partial charge in [0.05, 0.1) is 28.3 Å². The van der Waals surface area contributed by atoms with Gasteiger partial charge in [0.2, 0.25) is 0 Å². The number of H-pyrrole nitrogens is 1. The minimum atomic E-state index is -0.155. The summed E-state index contributed by atoms with van der Waals surface area (Å²) in [6.07, 6.45) is 0.819. The second-order valence-corrected chi connectivity index (χ2v) is 9.52. The molecule has 162 valence electrons. The highest BCUT2D eigenvalue weighted by Gasteiger charge is 2.14. The van der Waals surface area contributed by atoms with Crippen LogP contribution in [0.4, 0.5) is 0 Å². The Labute approximate surface area is 191 Å². The highest BCUT2D eigenvalue weighted by atomic mass is 35.5. The molecule has 4 aromatic rings. The van der Waals surface area contributed by atoms with Gasteiger partial charge in [-0.05, 0) is 49.9 Å². The average molecular weight is 477 g/mol. The quantitative estimate of drug-likeness (QED) is 0.229. The van der Waals surface area contributed by atoms with Crippen LogP contribution in [0.15, 0.2) is 44.4 Å². The van der Waals surface area contributed by atoms with E-state index in [2.05, 4.69) is 15.0 Å². The zero-order chi connectivity index (χ0) is 22.0. The van der Waals surface area contributed by atoms with E-state index >= 15 is 0 Å². The van der Waals surface area contributed by atoms with E-state index in [1.54, 1.807) is 22.8 Å². The number of hydrogen-bond donors (Lipinski definition) is 1. The summed E-state index contributed by atoms with van der Waals surface area (Å²) in [7, 11) is 0. The van der Waals surface area contributed by atoms with Crippen molar-refractivity contribution in [1.29, 1.82) is 0 Å². The van der Waals surface area contributed by atoms with Gasteiger partial charge in [-0.15, -0.1) is 11.3 Å². The summed E-state index contributed by atoms with van der Waals surface area (Å²) in [5.74, 6) is 0.915. The highest BCUT2D eigenvalue weighted by molar-refractivity contribution is 7.98. The maximum atomic E-state index is 13.1. The molecule has 4 rings (SSSR count). The SMILES string of the molecule is CC(C)OCCCn1c(SCc2nc3ccsc3c(=O)[nH]2)nc2cc(Cl)ccc2c1=O. The first-order chi connectivity index (χ1) is 14.9. The Morgan fingerprint density at radius 3 is 2.87 bits per heavy atom. The number of nitrogens with one attached hydrogen (secondary N) is 1. The molecule has 0 unspecified atom stereocenters. The van der Waals surface area contributed by atoms with Crippen LogP contribution in [0, 0.1) is 0 Å². The van der Waals surface area contributed by atoms with E-state index in [0.717, 1.165) is 0 Å². The Morgan fingerprint density at radius 2 is 2.06 bits per heavy atom. The first kappa shape index (κ1) is 22.0. The molecule has 1 aromatic carbocycles. The van der Waals surface area contributed by atoms with Crippen LogP contribution in [0.1, 0.15) is 26.1 Å². The molecule has 3 aromatic heterocycles. The minimum Gasteiger partial charge on any atom is -0.379 e. The largest absolute Gasteiger partial charge is 0.379 e. The lowest BCUT2D eigenvalue weighted by molar-refractivity contribution is 0.0743. The summed E-state index contributed by atoms with van der Waals surface area (Å²) in [5.41, 5.74) is 0.941. The van der Waals surface area contributed by atoms with E-state index < -0.39 is 0 Å². The van der Waals surface area contributed by atoms with Crippen LogP contribution in [0.2, 0.25) is 5.02 Å². The number of fused-ring (bicyclic) bond motifs is 2. The summed E-state index contributed by atoms with van der Waals surface area (Å²) in [6.45, 7) is 4.99. The molecule has 0 radical (unpaired) electrons. The summed E-state index contributed by atoms with van der Waals surface area (Å²) in [5, 5.41) is 3.43. The molecule has 3 heterocycles. The molecule has 7 nitrogen and oxygen atoms in total. The van der Waals surface area contributed by atoms with Gasteiger partial charge in [0.1, 0.15) is 10.5 Å². The van der Waals surface area contributed by atoms with Crippen LogP contribution in [0.3, 0.4) is 0 Å². The lowest BCUT2D eigenvalue weighted by Gasteiger charge is -2.14. The topological polar surface area (TPSA) is 89.9 Å². The summed E-state index contributed by atoms with van der Waals surface area (Å²) in [4.78, 5) is 37.4. The van der Waals surface area contributed by atoms with Gasteiger partial charge in [-0.3, -0.25) is 14.2 Å². The predicted molar refractivity (Wildman–Crippen MR) is 127 cm³/mol. The molecule has 0 saturated carbocycles. The Kier molecular flexibility index (Phi) is 6.76. The van der Waals surface area contributed by atoms with Crippen molar-refractivity contribution in [2.24, 2.45) is 0 Å². The van der Waals surface area contributed by atoms with Crippen LogP contribution in [0.5, 0.6) is 0 Å². The third kappa shape index (κ3) is 5.01. The van der Waals surface area contributed by atoms with Gasteiger partial charge in [-0.1, -0.05) is 23.4 Å². The van der Waals surface area contributed by atoms with Gasteiger partial charge in [0.15, 0.2) is 5.16 Å².